The van der Waals surface area contributed by atoms with E-state index in [2.05, 4.69) is 15.3 Å². The van der Waals surface area contributed by atoms with Gasteiger partial charge in [0.05, 0.1) is 12.2 Å². The van der Waals surface area contributed by atoms with E-state index in [1.165, 1.54) is 18.3 Å². The quantitative estimate of drug-likeness (QED) is 0.760. The van der Waals surface area contributed by atoms with Gasteiger partial charge in [-0.2, -0.15) is 18.4 Å². The summed E-state index contributed by atoms with van der Waals surface area (Å²) in [5.74, 6) is -1.90. The summed E-state index contributed by atoms with van der Waals surface area (Å²) < 4.78 is 60.7. The molecule has 1 atom stereocenters. The molecule has 0 bridgehead atoms. The molecule has 11 heteroatoms. The van der Waals surface area contributed by atoms with E-state index in [4.69, 9.17) is 15.7 Å². The van der Waals surface area contributed by atoms with E-state index < -0.39 is 48.1 Å². The van der Waals surface area contributed by atoms with Gasteiger partial charge in [0.1, 0.15) is 17.6 Å². The molecule has 0 radical (unpaired) electrons. The molecular formula is C18H13F4N5O2. The summed E-state index contributed by atoms with van der Waals surface area (Å²) in [6.45, 7) is -0.403. The Morgan fingerprint density at radius 3 is 2.66 bits per heavy atom. The predicted octanol–water partition coefficient (Wildman–Crippen LogP) is 2.84. The third-order valence-electron chi connectivity index (χ3n) is 4.28. The zero-order valence-electron chi connectivity index (χ0n) is 14.6. The average Bonchev–Trinajstić information content (AvgIpc) is 2.68. The molecule has 2 heterocycles. The van der Waals surface area contributed by atoms with E-state index in [1.807, 2.05) is 6.07 Å². The smallest absolute Gasteiger partial charge is 0.418 e. The standard InChI is InChI=1S/C18H13F4N5O2/c19-13-3-2-11(26-15(28)14-4-1-10(8-23)9-25-14)7-12(13)17(18(20,21)22)5-6-29-16(24)27-17/h1-4,7,9H,5-6H2,(H2,24,27)(H,26,28). The second kappa shape index (κ2) is 7.38. The zero-order valence-corrected chi connectivity index (χ0v) is 14.6. The molecule has 1 unspecified atom stereocenters. The first-order valence-corrected chi connectivity index (χ1v) is 8.19. The SMILES string of the molecule is N#Cc1ccc(C(=O)Nc2ccc(F)c(C3(C(F)(F)F)CCOC(N)=N3)c2)nc1. The highest BCUT2D eigenvalue weighted by molar-refractivity contribution is 6.02. The van der Waals surface area contributed by atoms with Gasteiger partial charge in [0, 0.05) is 23.9 Å². The Labute approximate surface area is 161 Å². The van der Waals surface area contributed by atoms with Crippen LogP contribution >= 0.6 is 0 Å². The summed E-state index contributed by atoms with van der Waals surface area (Å²) in [6.07, 6.45) is -4.47. The van der Waals surface area contributed by atoms with E-state index >= 15 is 0 Å². The van der Waals surface area contributed by atoms with Crippen molar-refractivity contribution in [2.24, 2.45) is 10.7 Å². The van der Waals surface area contributed by atoms with Crippen LogP contribution < -0.4 is 11.1 Å². The molecule has 1 amide bonds. The lowest BCUT2D eigenvalue weighted by molar-refractivity contribution is -0.196. The molecule has 0 spiro atoms. The number of ether oxygens (including phenoxy) is 1. The van der Waals surface area contributed by atoms with Crippen LogP contribution in [0.3, 0.4) is 0 Å². The van der Waals surface area contributed by atoms with Crippen LogP contribution in [0.4, 0.5) is 23.2 Å². The highest BCUT2D eigenvalue weighted by Crippen LogP contribution is 2.47. The van der Waals surface area contributed by atoms with Gasteiger partial charge in [-0.15, -0.1) is 0 Å². The molecule has 3 rings (SSSR count). The zero-order chi connectivity index (χ0) is 21.2. The fourth-order valence-corrected chi connectivity index (χ4v) is 2.84. The molecule has 3 N–H and O–H groups in total. The van der Waals surface area contributed by atoms with Gasteiger partial charge >= 0.3 is 6.18 Å². The average molecular weight is 407 g/mol. The first kappa shape index (κ1) is 20.1. The molecule has 2 aromatic rings. The van der Waals surface area contributed by atoms with E-state index in [1.54, 1.807) is 0 Å². The number of carbonyl (C=O) groups excluding carboxylic acids is 1. The Kier molecular flexibility index (Phi) is 5.11. The predicted molar refractivity (Wildman–Crippen MR) is 93.2 cm³/mol. The van der Waals surface area contributed by atoms with Crippen LogP contribution in [0.1, 0.15) is 28.0 Å². The molecule has 1 aromatic carbocycles. The van der Waals surface area contributed by atoms with Crippen LogP contribution in [-0.2, 0) is 10.3 Å². The number of hydrogen-bond donors (Lipinski definition) is 2. The molecule has 1 aliphatic heterocycles. The highest BCUT2D eigenvalue weighted by atomic mass is 19.4. The minimum atomic E-state index is -4.96. The van der Waals surface area contributed by atoms with E-state index in [-0.39, 0.29) is 16.9 Å². The van der Waals surface area contributed by atoms with Crippen molar-refractivity contribution in [3.05, 3.63) is 59.2 Å². The molecule has 1 aliphatic rings. The number of halogens is 4. The number of anilines is 1. The van der Waals surface area contributed by atoms with E-state index in [0.717, 1.165) is 18.2 Å². The molecule has 7 nitrogen and oxygen atoms in total. The van der Waals surface area contributed by atoms with Crippen molar-refractivity contribution in [1.29, 1.82) is 5.26 Å². The number of aliphatic imine (C=N–C) groups is 1. The Morgan fingerprint density at radius 1 is 1.31 bits per heavy atom. The topological polar surface area (TPSA) is 113 Å². The molecule has 1 aromatic heterocycles. The second-order valence-electron chi connectivity index (χ2n) is 6.10. The normalized spacial score (nSPS) is 18.9. The lowest BCUT2D eigenvalue weighted by Crippen LogP contribution is -2.47. The van der Waals surface area contributed by atoms with Crippen LogP contribution in [-0.4, -0.2) is 29.7 Å². The van der Waals surface area contributed by atoms with Crippen molar-refractivity contribution in [2.45, 2.75) is 18.1 Å². The van der Waals surface area contributed by atoms with Crippen LogP contribution in [0.15, 0.2) is 41.5 Å². The maximum Gasteiger partial charge on any atom is 0.418 e. The van der Waals surface area contributed by atoms with Crippen LogP contribution in [0.5, 0.6) is 0 Å². The number of rotatable bonds is 3. The lowest BCUT2D eigenvalue weighted by Gasteiger charge is -2.35. The van der Waals surface area contributed by atoms with Gasteiger partial charge in [0.15, 0.2) is 5.54 Å². The Balaban J connectivity index is 1.98. The second-order valence-corrected chi connectivity index (χ2v) is 6.10. The van der Waals surface area contributed by atoms with Gasteiger partial charge in [0.2, 0.25) is 0 Å². The number of benzene rings is 1. The first-order valence-electron chi connectivity index (χ1n) is 8.19. The summed E-state index contributed by atoms with van der Waals surface area (Å²) in [7, 11) is 0. The fourth-order valence-electron chi connectivity index (χ4n) is 2.84. The number of amides is 1. The van der Waals surface area contributed by atoms with Crippen molar-refractivity contribution in [2.75, 3.05) is 11.9 Å². The molecule has 0 fully saturated rings. The Hall–Kier alpha value is -3.68. The number of nitrogens with two attached hydrogens (primary N) is 1. The minimum absolute atomic E-state index is 0.0752. The number of nitrogens with zero attached hydrogens (tertiary/aromatic N) is 3. The number of amidine groups is 1. The fraction of sp³-hybridized carbons (Fsp3) is 0.222. The number of nitriles is 1. The first-order chi connectivity index (χ1) is 13.7. The largest absolute Gasteiger partial charge is 0.465 e. The maximum atomic E-state index is 14.4. The van der Waals surface area contributed by atoms with Gasteiger partial charge in [-0.3, -0.25) is 4.79 Å². The number of carbonyl (C=O) groups is 1. The summed E-state index contributed by atoms with van der Waals surface area (Å²) in [4.78, 5) is 19.4. The van der Waals surface area contributed by atoms with Crippen LogP contribution in [0.25, 0.3) is 0 Å². The van der Waals surface area contributed by atoms with E-state index in [0.29, 0.717) is 0 Å². The molecule has 0 saturated carbocycles. The number of aromatic nitrogens is 1. The Bertz CT molecular complexity index is 1010. The van der Waals surface area contributed by atoms with Gasteiger partial charge in [0.25, 0.3) is 11.9 Å². The van der Waals surface area contributed by atoms with Crippen molar-refractivity contribution < 1.29 is 27.1 Å². The summed E-state index contributed by atoms with van der Waals surface area (Å²) >= 11 is 0. The highest BCUT2D eigenvalue weighted by Gasteiger charge is 2.59. The van der Waals surface area contributed by atoms with Gasteiger partial charge in [-0.05, 0) is 30.3 Å². The number of pyridine rings is 1. The summed E-state index contributed by atoms with van der Waals surface area (Å²) in [5, 5.41) is 11.1. The maximum absolute atomic E-state index is 14.4. The van der Waals surface area contributed by atoms with Crippen molar-refractivity contribution >= 4 is 17.6 Å². The van der Waals surface area contributed by atoms with Crippen molar-refractivity contribution in [3.8, 4) is 6.07 Å². The number of nitrogens with one attached hydrogen (secondary N) is 1. The Morgan fingerprint density at radius 2 is 2.07 bits per heavy atom. The molecule has 0 saturated heterocycles. The third kappa shape index (κ3) is 3.82. The molecular weight excluding hydrogens is 394 g/mol. The number of hydrogen-bond acceptors (Lipinski definition) is 6. The van der Waals surface area contributed by atoms with Gasteiger partial charge in [-0.1, -0.05) is 0 Å². The van der Waals surface area contributed by atoms with Gasteiger partial charge < -0.3 is 15.8 Å². The van der Waals surface area contributed by atoms with Gasteiger partial charge in [-0.25, -0.2) is 14.4 Å². The molecule has 0 aliphatic carbocycles. The molecule has 150 valence electrons. The molecule has 29 heavy (non-hydrogen) atoms. The van der Waals surface area contributed by atoms with Crippen LogP contribution in [0, 0.1) is 17.1 Å². The van der Waals surface area contributed by atoms with Crippen LogP contribution in [0.2, 0.25) is 0 Å². The van der Waals surface area contributed by atoms with Crippen molar-refractivity contribution in [3.63, 3.8) is 0 Å². The lowest BCUT2D eigenvalue weighted by atomic mass is 9.85. The minimum Gasteiger partial charge on any atom is -0.465 e. The number of alkyl halides is 3. The van der Waals surface area contributed by atoms with Crippen molar-refractivity contribution in [1.82, 2.24) is 4.98 Å². The monoisotopic (exact) mass is 407 g/mol. The third-order valence-corrected chi connectivity index (χ3v) is 4.28. The summed E-state index contributed by atoms with van der Waals surface area (Å²) in [5.41, 5.74) is 1.65. The summed E-state index contributed by atoms with van der Waals surface area (Å²) in [6, 6.07) is 6.53. The van der Waals surface area contributed by atoms with E-state index in [9.17, 15) is 22.4 Å².